The molecule has 1 aliphatic heterocycles. The molecule has 1 saturated heterocycles. The van der Waals surface area contributed by atoms with Crippen LogP contribution in [0.5, 0.6) is 0 Å². The van der Waals surface area contributed by atoms with Crippen molar-refractivity contribution in [3.8, 4) is 0 Å². The summed E-state index contributed by atoms with van der Waals surface area (Å²) in [5, 5.41) is 0. The van der Waals surface area contributed by atoms with Crippen molar-refractivity contribution in [3.63, 3.8) is 0 Å². The van der Waals surface area contributed by atoms with Gasteiger partial charge < -0.3 is 4.90 Å². The maximum absolute atomic E-state index is 12.5. The van der Waals surface area contributed by atoms with Crippen molar-refractivity contribution in [2.24, 2.45) is 0 Å². The van der Waals surface area contributed by atoms with Gasteiger partial charge in [0, 0.05) is 40.1 Å². The molecule has 1 fully saturated rings. The van der Waals surface area contributed by atoms with Gasteiger partial charge in [-0.25, -0.2) is 0 Å². The fraction of sp³-hybridized carbons (Fsp3) is 0.533. The molecule has 3 nitrogen and oxygen atoms in total. The third-order valence-corrected chi connectivity index (χ3v) is 4.73. The van der Waals surface area contributed by atoms with Gasteiger partial charge in [-0.05, 0) is 49.9 Å². The minimum absolute atomic E-state index is 0.111. The molecule has 1 aromatic carbocycles. The summed E-state index contributed by atoms with van der Waals surface area (Å²) in [6.45, 7) is 3.00. The third kappa shape index (κ3) is 3.24. The lowest BCUT2D eigenvalue weighted by Gasteiger charge is -2.35. The predicted octanol–water partition coefficient (Wildman–Crippen LogP) is 2.83. The Labute approximate surface area is 117 Å². The number of carbonyl (C=O) groups excluding carboxylic acids is 1. The number of hydrogen-bond donors (Lipinski definition) is 0. The smallest absolute Gasteiger partial charge is 0.254 e. The van der Waals surface area contributed by atoms with Crippen LogP contribution in [0.15, 0.2) is 29.2 Å². The zero-order valence-electron chi connectivity index (χ0n) is 11.6. The van der Waals surface area contributed by atoms with Crippen LogP contribution in [-0.4, -0.2) is 33.9 Å². The monoisotopic (exact) mass is 279 g/mol. The van der Waals surface area contributed by atoms with Crippen LogP contribution >= 0.6 is 0 Å². The lowest BCUT2D eigenvalue weighted by molar-refractivity contribution is 0.0608. The molecule has 0 radical (unpaired) electrons. The molecule has 1 aromatic rings. The summed E-state index contributed by atoms with van der Waals surface area (Å²) in [6.07, 6.45) is 6.09. The van der Waals surface area contributed by atoms with Crippen molar-refractivity contribution in [2.75, 3.05) is 12.8 Å². The highest BCUT2D eigenvalue weighted by molar-refractivity contribution is 7.84. The molecule has 0 aliphatic carbocycles. The molecular weight excluding hydrogens is 258 g/mol. The second kappa shape index (κ2) is 6.33. The summed E-state index contributed by atoms with van der Waals surface area (Å²) >= 11 is 0. The predicted molar refractivity (Wildman–Crippen MR) is 77.7 cm³/mol. The quantitative estimate of drug-likeness (QED) is 0.853. The van der Waals surface area contributed by atoms with Crippen LogP contribution in [-0.2, 0) is 10.8 Å². The van der Waals surface area contributed by atoms with Gasteiger partial charge in [0.2, 0.25) is 0 Å². The van der Waals surface area contributed by atoms with Crippen LogP contribution in [0.4, 0.5) is 0 Å². The highest BCUT2D eigenvalue weighted by Gasteiger charge is 2.25. The van der Waals surface area contributed by atoms with Crippen LogP contribution in [0, 0.1) is 0 Å². The summed E-state index contributed by atoms with van der Waals surface area (Å²) in [4.78, 5) is 15.3. The Kier molecular flexibility index (Phi) is 4.75. The molecule has 0 saturated carbocycles. The Hall–Kier alpha value is -1.16. The summed E-state index contributed by atoms with van der Waals surface area (Å²) in [6, 6.07) is 7.53. The molecule has 0 N–H and O–H groups in total. The Balaban J connectivity index is 2.16. The standard InChI is InChI=1S/C15H21NO2S/c1-3-13-6-4-5-11-16(13)15(17)12-7-9-14(10-8-12)19(2)18/h7-10,13H,3-6,11H2,1-2H3/t13-,19-/m0/s1. The van der Waals surface area contributed by atoms with E-state index >= 15 is 0 Å². The van der Waals surface area contributed by atoms with Crippen molar-refractivity contribution >= 4 is 16.7 Å². The van der Waals surface area contributed by atoms with Crippen LogP contribution in [0.1, 0.15) is 43.0 Å². The molecule has 2 rings (SSSR count). The molecule has 0 aromatic heterocycles. The van der Waals surface area contributed by atoms with E-state index in [4.69, 9.17) is 0 Å². The van der Waals surface area contributed by atoms with Crippen LogP contribution in [0.2, 0.25) is 0 Å². The normalized spacial score (nSPS) is 21.2. The fourth-order valence-corrected chi connectivity index (χ4v) is 3.17. The lowest BCUT2D eigenvalue weighted by atomic mass is 9.99. The number of nitrogens with zero attached hydrogens (tertiary/aromatic N) is 1. The van der Waals surface area contributed by atoms with E-state index in [2.05, 4.69) is 6.92 Å². The molecular formula is C15H21NO2S. The van der Waals surface area contributed by atoms with Crippen molar-refractivity contribution in [2.45, 2.75) is 43.5 Å². The molecule has 0 unspecified atom stereocenters. The van der Waals surface area contributed by atoms with Gasteiger partial charge in [-0.2, -0.15) is 0 Å². The van der Waals surface area contributed by atoms with E-state index in [0.717, 1.165) is 30.7 Å². The van der Waals surface area contributed by atoms with Gasteiger partial charge in [-0.15, -0.1) is 0 Å². The van der Waals surface area contributed by atoms with Gasteiger partial charge in [0.15, 0.2) is 0 Å². The Morgan fingerprint density at radius 3 is 2.58 bits per heavy atom. The van der Waals surface area contributed by atoms with Crippen molar-refractivity contribution in [1.82, 2.24) is 4.90 Å². The number of carbonyl (C=O) groups is 1. The average Bonchev–Trinajstić information content (AvgIpc) is 2.46. The number of benzene rings is 1. The van der Waals surface area contributed by atoms with Crippen LogP contribution in [0.3, 0.4) is 0 Å². The first-order chi connectivity index (χ1) is 9.13. The minimum atomic E-state index is -0.989. The number of hydrogen-bond acceptors (Lipinski definition) is 2. The van der Waals surface area contributed by atoms with E-state index in [0.29, 0.717) is 11.6 Å². The number of amides is 1. The summed E-state index contributed by atoms with van der Waals surface area (Å²) < 4.78 is 11.3. The summed E-state index contributed by atoms with van der Waals surface area (Å²) in [5.41, 5.74) is 0.703. The van der Waals surface area contributed by atoms with Gasteiger partial charge in [0.25, 0.3) is 5.91 Å². The van der Waals surface area contributed by atoms with Crippen molar-refractivity contribution < 1.29 is 9.00 Å². The first-order valence-electron chi connectivity index (χ1n) is 6.88. The van der Waals surface area contributed by atoms with Gasteiger partial charge in [0.1, 0.15) is 0 Å². The van der Waals surface area contributed by atoms with E-state index in [1.807, 2.05) is 4.90 Å². The Morgan fingerprint density at radius 2 is 2.00 bits per heavy atom. The number of rotatable bonds is 3. The third-order valence-electron chi connectivity index (χ3n) is 3.79. The maximum Gasteiger partial charge on any atom is 0.254 e. The van der Waals surface area contributed by atoms with Gasteiger partial charge in [-0.1, -0.05) is 6.92 Å². The van der Waals surface area contributed by atoms with Gasteiger partial charge >= 0.3 is 0 Å². The highest BCUT2D eigenvalue weighted by Crippen LogP contribution is 2.22. The minimum Gasteiger partial charge on any atom is -0.336 e. The molecule has 104 valence electrons. The molecule has 1 aliphatic rings. The maximum atomic E-state index is 12.5. The first kappa shape index (κ1) is 14.3. The van der Waals surface area contributed by atoms with E-state index in [1.54, 1.807) is 30.5 Å². The second-order valence-electron chi connectivity index (χ2n) is 5.03. The largest absolute Gasteiger partial charge is 0.336 e. The molecule has 0 spiro atoms. The SMILES string of the molecule is CC[C@H]1CCCCN1C(=O)c1ccc([S@](C)=O)cc1. The summed E-state index contributed by atoms with van der Waals surface area (Å²) in [7, 11) is -0.989. The van der Waals surface area contributed by atoms with Crippen molar-refractivity contribution in [1.29, 1.82) is 0 Å². The van der Waals surface area contributed by atoms with Crippen LogP contribution < -0.4 is 0 Å². The first-order valence-corrected chi connectivity index (χ1v) is 8.43. The Morgan fingerprint density at radius 1 is 1.32 bits per heavy atom. The Bertz CT molecular complexity index is 470. The van der Waals surface area contributed by atoms with E-state index in [-0.39, 0.29) is 5.91 Å². The highest BCUT2D eigenvalue weighted by atomic mass is 32.2. The molecule has 2 atom stereocenters. The van der Waals surface area contributed by atoms with Crippen LogP contribution in [0.25, 0.3) is 0 Å². The fourth-order valence-electron chi connectivity index (χ4n) is 2.65. The number of likely N-dealkylation sites (tertiary alicyclic amines) is 1. The van der Waals surface area contributed by atoms with Crippen molar-refractivity contribution in [3.05, 3.63) is 29.8 Å². The zero-order valence-corrected chi connectivity index (χ0v) is 12.4. The zero-order chi connectivity index (χ0) is 13.8. The van der Waals surface area contributed by atoms with Gasteiger partial charge in [0.05, 0.1) is 0 Å². The molecule has 19 heavy (non-hydrogen) atoms. The lowest BCUT2D eigenvalue weighted by Crippen LogP contribution is -2.43. The molecule has 1 heterocycles. The molecule has 1 amide bonds. The average molecular weight is 279 g/mol. The number of piperidine rings is 1. The van der Waals surface area contributed by atoms with E-state index < -0.39 is 10.8 Å². The summed E-state index contributed by atoms with van der Waals surface area (Å²) in [5.74, 6) is 0.111. The van der Waals surface area contributed by atoms with E-state index in [1.165, 1.54) is 6.42 Å². The molecule has 0 bridgehead atoms. The second-order valence-corrected chi connectivity index (χ2v) is 6.41. The van der Waals surface area contributed by atoms with Gasteiger partial charge in [-0.3, -0.25) is 9.00 Å². The topological polar surface area (TPSA) is 37.4 Å². The van der Waals surface area contributed by atoms with E-state index in [9.17, 15) is 9.00 Å². The molecule has 4 heteroatoms.